The number of pyridine rings is 2. The summed E-state index contributed by atoms with van der Waals surface area (Å²) in [5, 5.41) is 0. The van der Waals surface area contributed by atoms with Gasteiger partial charge in [-0.15, -0.1) is 0 Å². The predicted molar refractivity (Wildman–Crippen MR) is 112 cm³/mol. The SMILES string of the molecule is Nc1cc[n+](Cc2ccc(-c3ccc(C[n+]4ccc(N)cc4)cc3)cc2)cc1. The fourth-order valence-electron chi connectivity index (χ4n) is 3.18. The minimum Gasteiger partial charge on any atom is -0.398 e. The lowest BCUT2D eigenvalue weighted by atomic mass is 10.0. The van der Waals surface area contributed by atoms with Gasteiger partial charge in [-0.1, -0.05) is 48.5 Å². The normalized spacial score (nSPS) is 10.7. The lowest BCUT2D eigenvalue weighted by molar-refractivity contribution is -0.688. The van der Waals surface area contributed by atoms with Gasteiger partial charge in [0.2, 0.25) is 0 Å². The van der Waals surface area contributed by atoms with Crippen molar-refractivity contribution in [2.45, 2.75) is 13.1 Å². The molecule has 4 aromatic rings. The van der Waals surface area contributed by atoms with Crippen LogP contribution < -0.4 is 20.6 Å². The highest BCUT2D eigenvalue weighted by Crippen LogP contribution is 2.20. The average Bonchev–Trinajstić information content (AvgIpc) is 2.73. The summed E-state index contributed by atoms with van der Waals surface area (Å²) in [7, 11) is 0. The third kappa shape index (κ3) is 4.35. The molecule has 28 heavy (non-hydrogen) atoms. The Morgan fingerprint density at radius 1 is 0.464 bits per heavy atom. The highest BCUT2D eigenvalue weighted by atomic mass is 14.9. The van der Waals surface area contributed by atoms with Crippen LogP contribution in [0.3, 0.4) is 0 Å². The number of anilines is 2. The molecule has 4 heteroatoms. The summed E-state index contributed by atoms with van der Waals surface area (Å²) < 4.78 is 4.24. The highest BCUT2D eigenvalue weighted by molar-refractivity contribution is 5.63. The molecule has 4 N–H and O–H groups in total. The van der Waals surface area contributed by atoms with E-state index in [9.17, 15) is 0 Å². The number of nitrogen functional groups attached to an aromatic ring is 2. The zero-order chi connectivity index (χ0) is 19.3. The zero-order valence-corrected chi connectivity index (χ0v) is 15.7. The van der Waals surface area contributed by atoms with Crippen molar-refractivity contribution < 1.29 is 9.13 Å². The van der Waals surface area contributed by atoms with Crippen molar-refractivity contribution >= 4 is 11.4 Å². The van der Waals surface area contributed by atoms with Gasteiger partial charge in [-0.3, -0.25) is 0 Å². The molecule has 0 radical (unpaired) electrons. The van der Waals surface area contributed by atoms with Gasteiger partial charge in [-0.2, -0.15) is 0 Å². The molecule has 4 nitrogen and oxygen atoms in total. The van der Waals surface area contributed by atoms with Crippen molar-refractivity contribution in [2.24, 2.45) is 0 Å². The van der Waals surface area contributed by atoms with Gasteiger partial charge >= 0.3 is 0 Å². The van der Waals surface area contributed by atoms with Crippen LogP contribution in [0, 0.1) is 0 Å². The smallest absolute Gasteiger partial charge is 0.173 e. The maximum Gasteiger partial charge on any atom is 0.173 e. The number of rotatable bonds is 5. The van der Waals surface area contributed by atoms with Gasteiger partial charge in [0.25, 0.3) is 0 Å². The Labute approximate surface area is 165 Å². The van der Waals surface area contributed by atoms with Crippen molar-refractivity contribution in [3.63, 3.8) is 0 Å². The van der Waals surface area contributed by atoms with Crippen LogP contribution in [0.4, 0.5) is 11.4 Å². The van der Waals surface area contributed by atoms with E-state index in [1.165, 1.54) is 22.3 Å². The van der Waals surface area contributed by atoms with E-state index in [-0.39, 0.29) is 0 Å². The van der Waals surface area contributed by atoms with Crippen molar-refractivity contribution in [1.29, 1.82) is 0 Å². The molecule has 0 saturated heterocycles. The minimum atomic E-state index is 0.782. The second-order valence-corrected chi connectivity index (χ2v) is 7.00. The number of benzene rings is 2. The Kier molecular flexibility index (Phi) is 5.02. The molecule has 138 valence electrons. The second-order valence-electron chi connectivity index (χ2n) is 7.00. The molecule has 0 aliphatic heterocycles. The van der Waals surface area contributed by atoms with Gasteiger partial charge in [-0.25, -0.2) is 9.13 Å². The van der Waals surface area contributed by atoms with Crippen LogP contribution in [0.25, 0.3) is 11.1 Å². The lowest BCUT2D eigenvalue weighted by Gasteiger charge is -2.05. The average molecular weight is 368 g/mol. The summed E-state index contributed by atoms with van der Waals surface area (Å²) in [5.41, 5.74) is 18.0. The predicted octanol–water partition coefficient (Wildman–Crippen LogP) is 3.19. The Bertz CT molecular complexity index is 947. The number of nitrogens with zero attached hydrogens (tertiary/aromatic N) is 2. The molecular formula is C24H24N4+2. The third-order valence-electron chi connectivity index (χ3n) is 4.81. The maximum absolute atomic E-state index is 5.74. The number of hydrogen-bond donors (Lipinski definition) is 2. The molecule has 0 aliphatic carbocycles. The largest absolute Gasteiger partial charge is 0.398 e. The van der Waals surface area contributed by atoms with E-state index in [1.807, 2.05) is 49.1 Å². The van der Waals surface area contributed by atoms with Crippen molar-refractivity contribution in [3.05, 3.63) is 109 Å². The molecule has 0 fully saturated rings. The molecule has 2 aromatic heterocycles. The molecule has 0 atom stereocenters. The maximum atomic E-state index is 5.74. The van der Waals surface area contributed by atoms with Crippen molar-refractivity contribution in [2.75, 3.05) is 11.5 Å². The van der Waals surface area contributed by atoms with Crippen molar-refractivity contribution in [3.8, 4) is 11.1 Å². The molecule has 0 unspecified atom stereocenters. The van der Waals surface area contributed by atoms with Gasteiger partial charge < -0.3 is 11.5 Å². The van der Waals surface area contributed by atoms with Crippen LogP contribution in [0.1, 0.15) is 11.1 Å². The van der Waals surface area contributed by atoms with Gasteiger partial charge in [-0.05, 0) is 11.1 Å². The van der Waals surface area contributed by atoms with E-state index in [4.69, 9.17) is 11.5 Å². The van der Waals surface area contributed by atoms with E-state index in [0.717, 1.165) is 24.5 Å². The summed E-state index contributed by atoms with van der Waals surface area (Å²) in [6, 6.07) is 25.1. The van der Waals surface area contributed by atoms with E-state index in [1.54, 1.807) is 0 Å². The van der Waals surface area contributed by atoms with Crippen LogP contribution in [-0.4, -0.2) is 0 Å². The molecule has 2 aromatic carbocycles. The molecule has 4 rings (SSSR count). The van der Waals surface area contributed by atoms with Gasteiger partial charge in [0, 0.05) is 46.8 Å². The summed E-state index contributed by atoms with van der Waals surface area (Å²) in [5.74, 6) is 0. The van der Waals surface area contributed by atoms with E-state index in [2.05, 4.69) is 57.7 Å². The standard InChI is InChI=1S/C24H22N4/c25-23-9-13-27(14-10-23)17-19-1-5-21(6-2-19)22-7-3-20(4-8-22)18-28-15-11-24(26)12-16-28/h1-16,25-26H,17-18H2/p+2. The van der Waals surface area contributed by atoms with Crippen LogP contribution in [0.15, 0.2) is 97.6 Å². The zero-order valence-electron chi connectivity index (χ0n) is 15.7. The monoisotopic (exact) mass is 368 g/mol. The molecule has 0 aliphatic rings. The topological polar surface area (TPSA) is 59.8 Å². The third-order valence-corrected chi connectivity index (χ3v) is 4.81. The second kappa shape index (κ2) is 7.92. The van der Waals surface area contributed by atoms with Gasteiger partial charge in [0.1, 0.15) is 0 Å². The van der Waals surface area contributed by atoms with E-state index >= 15 is 0 Å². The Balaban J connectivity index is 1.43. The molecule has 0 amide bonds. The summed E-state index contributed by atoms with van der Waals surface area (Å²) in [6.45, 7) is 1.66. The van der Waals surface area contributed by atoms with Crippen LogP contribution in [0.5, 0.6) is 0 Å². The van der Waals surface area contributed by atoms with E-state index in [0.29, 0.717) is 0 Å². The Hall–Kier alpha value is -3.66. The molecule has 0 spiro atoms. The van der Waals surface area contributed by atoms with Gasteiger partial charge in [0.15, 0.2) is 37.9 Å². The summed E-state index contributed by atoms with van der Waals surface area (Å²) in [4.78, 5) is 0. The Morgan fingerprint density at radius 3 is 1.11 bits per heavy atom. The first-order chi connectivity index (χ1) is 13.7. The number of nitrogens with two attached hydrogens (primary N) is 2. The highest BCUT2D eigenvalue weighted by Gasteiger charge is 2.06. The van der Waals surface area contributed by atoms with Crippen LogP contribution >= 0.6 is 0 Å². The molecule has 0 bridgehead atoms. The van der Waals surface area contributed by atoms with Crippen molar-refractivity contribution in [1.82, 2.24) is 0 Å². The molecule has 2 heterocycles. The fourth-order valence-corrected chi connectivity index (χ4v) is 3.18. The summed E-state index contributed by atoms with van der Waals surface area (Å²) in [6.07, 6.45) is 8.00. The quantitative estimate of drug-likeness (QED) is 0.532. The molecular weight excluding hydrogens is 344 g/mol. The lowest BCUT2D eigenvalue weighted by Crippen LogP contribution is -2.33. The van der Waals surface area contributed by atoms with Gasteiger partial charge in [0.05, 0.1) is 0 Å². The summed E-state index contributed by atoms with van der Waals surface area (Å²) >= 11 is 0. The van der Waals surface area contributed by atoms with E-state index < -0.39 is 0 Å². The first-order valence-corrected chi connectivity index (χ1v) is 9.33. The Morgan fingerprint density at radius 2 is 0.786 bits per heavy atom. The first-order valence-electron chi connectivity index (χ1n) is 9.33. The van der Waals surface area contributed by atoms with Crippen LogP contribution in [0.2, 0.25) is 0 Å². The fraction of sp³-hybridized carbons (Fsp3) is 0.0833. The first kappa shape index (κ1) is 17.7. The number of aromatic nitrogens is 2. The number of hydrogen-bond acceptors (Lipinski definition) is 2. The van der Waals surface area contributed by atoms with Crippen LogP contribution in [-0.2, 0) is 13.1 Å². The molecule has 0 saturated carbocycles. The minimum absolute atomic E-state index is 0.782.